The highest BCUT2D eigenvalue weighted by molar-refractivity contribution is 5.39. The predicted molar refractivity (Wildman–Crippen MR) is 73.3 cm³/mol. The molecular weight excluding hydrogens is 226 g/mol. The molecule has 0 amide bonds. The molecule has 0 heterocycles. The van der Waals surface area contributed by atoms with E-state index < -0.39 is 0 Å². The van der Waals surface area contributed by atoms with E-state index in [9.17, 15) is 0 Å². The van der Waals surface area contributed by atoms with Gasteiger partial charge in [0.2, 0.25) is 0 Å². The van der Waals surface area contributed by atoms with E-state index in [1.165, 1.54) is 25.7 Å². The first kappa shape index (κ1) is 13.2. The van der Waals surface area contributed by atoms with Gasteiger partial charge in [0.15, 0.2) is 11.5 Å². The topological polar surface area (TPSA) is 30.5 Å². The summed E-state index contributed by atoms with van der Waals surface area (Å²) in [7, 11) is 1.67. The van der Waals surface area contributed by atoms with Crippen molar-refractivity contribution >= 4 is 0 Å². The Hall–Kier alpha value is -1.22. The molecule has 0 aliphatic heterocycles. The minimum absolute atomic E-state index is 0.688. The van der Waals surface area contributed by atoms with E-state index in [1.807, 2.05) is 24.3 Å². The van der Waals surface area contributed by atoms with Crippen LogP contribution < -0.4 is 14.8 Å². The molecule has 1 fully saturated rings. The smallest absolute Gasteiger partial charge is 0.161 e. The number of para-hydroxylation sites is 2. The maximum absolute atomic E-state index is 5.71. The van der Waals surface area contributed by atoms with E-state index in [1.54, 1.807) is 7.11 Å². The number of hydrogen-bond acceptors (Lipinski definition) is 3. The van der Waals surface area contributed by atoms with Gasteiger partial charge in [-0.1, -0.05) is 25.0 Å². The monoisotopic (exact) mass is 249 g/mol. The van der Waals surface area contributed by atoms with Crippen LogP contribution in [-0.4, -0.2) is 26.8 Å². The quantitative estimate of drug-likeness (QED) is 0.754. The van der Waals surface area contributed by atoms with Crippen LogP contribution in [0.4, 0.5) is 0 Å². The number of benzene rings is 1. The SMILES string of the molecule is COc1ccccc1OCCNCC1CCCC1. The van der Waals surface area contributed by atoms with Crippen LogP contribution in [0, 0.1) is 5.92 Å². The van der Waals surface area contributed by atoms with Gasteiger partial charge in [-0.05, 0) is 37.4 Å². The van der Waals surface area contributed by atoms with Crippen LogP contribution in [0.1, 0.15) is 25.7 Å². The first-order chi connectivity index (χ1) is 8.90. The fraction of sp³-hybridized carbons (Fsp3) is 0.600. The Morgan fingerprint density at radius 2 is 1.89 bits per heavy atom. The molecule has 3 heteroatoms. The van der Waals surface area contributed by atoms with Crippen molar-refractivity contribution in [2.75, 3.05) is 26.8 Å². The van der Waals surface area contributed by atoms with Crippen molar-refractivity contribution in [1.82, 2.24) is 5.32 Å². The van der Waals surface area contributed by atoms with Gasteiger partial charge in [-0.25, -0.2) is 0 Å². The summed E-state index contributed by atoms with van der Waals surface area (Å²) in [5, 5.41) is 3.47. The van der Waals surface area contributed by atoms with Crippen molar-refractivity contribution in [3.05, 3.63) is 24.3 Å². The molecule has 1 saturated carbocycles. The van der Waals surface area contributed by atoms with Crippen molar-refractivity contribution in [1.29, 1.82) is 0 Å². The number of nitrogens with one attached hydrogen (secondary N) is 1. The maximum atomic E-state index is 5.71. The Balaban J connectivity index is 1.62. The predicted octanol–water partition coefficient (Wildman–Crippen LogP) is 2.85. The lowest BCUT2D eigenvalue weighted by Crippen LogP contribution is -2.26. The van der Waals surface area contributed by atoms with Crippen molar-refractivity contribution in [3.8, 4) is 11.5 Å². The van der Waals surface area contributed by atoms with Gasteiger partial charge in [0.05, 0.1) is 7.11 Å². The van der Waals surface area contributed by atoms with Crippen LogP contribution in [0.15, 0.2) is 24.3 Å². The molecule has 1 aliphatic carbocycles. The lowest BCUT2D eigenvalue weighted by molar-refractivity contribution is 0.289. The fourth-order valence-electron chi connectivity index (χ4n) is 2.49. The maximum Gasteiger partial charge on any atom is 0.161 e. The Labute approximate surface area is 109 Å². The van der Waals surface area contributed by atoms with Crippen LogP contribution in [0.3, 0.4) is 0 Å². The summed E-state index contributed by atoms with van der Waals surface area (Å²) in [5.74, 6) is 2.51. The van der Waals surface area contributed by atoms with Crippen molar-refractivity contribution in [2.45, 2.75) is 25.7 Å². The van der Waals surface area contributed by atoms with Crippen molar-refractivity contribution < 1.29 is 9.47 Å². The van der Waals surface area contributed by atoms with Gasteiger partial charge in [0, 0.05) is 6.54 Å². The molecule has 1 aliphatic rings. The Bertz CT molecular complexity index is 348. The highest BCUT2D eigenvalue weighted by Gasteiger charge is 2.13. The molecule has 1 aromatic carbocycles. The summed E-state index contributed by atoms with van der Waals surface area (Å²) in [6.45, 7) is 2.72. The van der Waals surface area contributed by atoms with Gasteiger partial charge in [0.1, 0.15) is 6.61 Å². The molecule has 2 rings (SSSR count). The number of ether oxygens (including phenoxy) is 2. The van der Waals surface area contributed by atoms with Gasteiger partial charge < -0.3 is 14.8 Å². The molecule has 0 radical (unpaired) electrons. The molecule has 0 bridgehead atoms. The minimum atomic E-state index is 0.688. The van der Waals surface area contributed by atoms with E-state index in [2.05, 4.69) is 5.32 Å². The largest absolute Gasteiger partial charge is 0.493 e. The Morgan fingerprint density at radius 1 is 1.17 bits per heavy atom. The van der Waals surface area contributed by atoms with E-state index in [-0.39, 0.29) is 0 Å². The second-order valence-corrected chi connectivity index (χ2v) is 4.85. The third kappa shape index (κ3) is 3.91. The summed E-state index contributed by atoms with van der Waals surface area (Å²) < 4.78 is 10.9. The molecular formula is C15H23NO2. The van der Waals surface area contributed by atoms with E-state index in [0.717, 1.165) is 30.5 Å². The summed E-state index contributed by atoms with van der Waals surface area (Å²) in [6.07, 6.45) is 5.59. The first-order valence-corrected chi connectivity index (χ1v) is 6.86. The highest BCUT2D eigenvalue weighted by Crippen LogP contribution is 2.25. The normalized spacial score (nSPS) is 15.8. The summed E-state index contributed by atoms with van der Waals surface area (Å²) in [6, 6.07) is 7.77. The average molecular weight is 249 g/mol. The van der Waals surface area contributed by atoms with Gasteiger partial charge in [0.25, 0.3) is 0 Å². The minimum Gasteiger partial charge on any atom is -0.493 e. The average Bonchev–Trinajstić information content (AvgIpc) is 2.92. The molecule has 0 unspecified atom stereocenters. The summed E-state index contributed by atoms with van der Waals surface area (Å²) in [4.78, 5) is 0. The van der Waals surface area contributed by atoms with Crippen LogP contribution in [0.2, 0.25) is 0 Å². The molecule has 3 nitrogen and oxygen atoms in total. The third-order valence-electron chi connectivity index (χ3n) is 3.51. The van der Waals surface area contributed by atoms with Crippen LogP contribution >= 0.6 is 0 Å². The van der Waals surface area contributed by atoms with E-state index in [4.69, 9.17) is 9.47 Å². The van der Waals surface area contributed by atoms with Crippen LogP contribution in [0.25, 0.3) is 0 Å². The fourth-order valence-corrected chi connectivity index (χ4v) is 2.49. The molecule has 1 aromatic rings. The van der Waals surface area contributed by atoms with Gasteiger partial charge in [-0.2, -0.15) is 0 Å². The standard InChI is InChI=1S/C15H23NO2/c1-17-14-8-4-5-9-15(14)18-11-10-16-12-13-6-2-3-7-13/h4-5,8-9,13,16H,2-3,6-7,10-12H2,1H3. The molecule has 100 valence electrons. The summed E-state index contributed by atoms with van der Waals surface area (Å²) >= 11 is 0. The molecule has 0 spiro atoms. The zero-order chi connectivity index (χ0) is 12.6. The second kappa shape index (κ2) is 7.27. The third-order valence-corrected chi connectivity index (χ3v) is 3.51. The Kier molecular flexibility index (Phi) is 5.34. The lowest BCUT2D eigenvalue weighted by atomic mass is 10.1. The molecule has 1 N–H and O–H groups in total. The van der Waals surface area contributed by atoms with Gasteiger partial charge in [-0.15, -0.1) is 0 Å². The van der Waals surface area contributed by atoms with Crippen LogP contribution in [-0.2, 0) is 0 Å². The number of hydrogen-bond donors (Lipinski definition) is 1. The zero-order valence-corrected chi connectivity index (χ0v) is 11.2. The van der Waals surface area contributed by atoms with Crippen LogP contribution in [0.5, 0.6) is 11.5 Å². The number of rotatable bonds is 7. The van der Waals surface area contributed by atoms with Crippen molar-refractivity contribution in [3.63, 3.8) is 0 Å². The summed E-state index contributed by atoms with van der Waals surface area (Å²) in [5.41, 5.74) is 0. The Morgan fingerprint density at radius 3 is 2.61 bits per heavy atom. The van der Waals surface area contributed by atoms with E-state index in [0.29, 0.717) is 6.61 Å². The lowest BCUT2D eigenvalue weighted by Gasteiger charge is -2.12. The zero-order valence-electron chi connectivity index (χ0n) is 11.2. The van der Waals surface area contributed by atoms with Gasteiger partial charge in [-0.3, -0.25) is 0 Å². The first-order valence-electron chi connectivity index (χ1n) is 6.86. The van der Waals surface area contributed by atoms with E-state index >= 15 is 0 Å². The van der Waals surface area contributed by atoms with Crippen molar-refractivity contribution in [2.24, 2.45) is 5.92 Å². The molecule has 18 heavy (non-hydrogen) atoms. The van der Waals surface area contributed by atoms with Gasteiger partial charge >= 0.3 is 0 Å². The second-order valence-electron chi connectivity index (χ2n) is 4.85. The molecule has 0 atom stereocenters. The molecule has 0 saturated heterocycles. The highest BCUT2D eigenvalue weighted by atomic mass is 16.5. The molecule has 0 aromatic heterocycles. The number of methoxy groups -OCH3 is 1.